The number of amides is 1. The average molecular weight is 344 g/mol. The predicted octanol–water partition coefficient (Wildman–Crippen LogP) is 1.66. The summed E-state index contributed by atoms with van der Waals surface area (Å²) < 4.78 is 0. The number of carboxylic acids is 1. The van der Waals surface area contributed by atoms with Gasteiger partial charge >= 0.3 is 5.97 Å². The van der Waals surface area contributed by atoms with E-state index in [2.05, 4.69) is 5.32 Å². The summed E-state index contributed by atoms with van der Waals surface area (Å²) in [5.74, 6) is -1.25. The zero-order valence-corrected chi connectivity index (χ0v) is 13.5. The Balaban J connectivity index is 2.95. The van der Waals surface area contributed by atoms with E-state index < -0.39 is 16.9 Å². The largest absolute Gasteiger partial charge is 0.480 e. The highest BCUT2D eigenvalue weighted by Gasteiger charge is 2.22. The number of rotatable bonds is 8. The van der Waals surface area contributed by atoms with E-state index in [4.69, 9.17) is 11.6 Å². The van der Waals surface area contributed by atoms with Crippen molar-refractivity contribution in [2.24, 2.45) is 0 Å². The molecule has 0 spiro atoms. The van der Waals surface area contributed by atoms with E-state index in [-0.39, 0.29) is 31.2 Å². The molecule has 126 valence electrons. The Labute approximate surface area is 138 Å². The molecule has 0 saturated heterocycles. The third-order valence-corrected chi connectivity index (χ3v) is 3.66. The molecule has 1 amide bonds. The van der Waals surface area contributed by atoms with Crippen molar-refractivity contribution in [3.05, 3.63) is 38.9 Å². The van der Waals surface area contributed by atoms with E-state index >= 15 is 0 Å². The number of non-ortho nitro benzene ring substituents is 1. The van der Waals surface area contributed by atoms with Crippen LogP contribution in [0.4, 0.5) is 5.69 Å². The van der Waals surface area contributed by atoms with Gasteiger partial charge in [0.1, 0.15) is 6.04 Å². The number of carboxylic acid groups (broad SMARTS) is 1. The van der Waals surface area contributed by atoms with Crippen molar-refractivity contribution in [1.82, 2.24) is 10.2 Å². The van der Waals surface area contributed by atoms with Gasteiger partial charge < -0.3 is 10.4 Å². The third kappa shape index (κ3) is 5.84. The van der Waals surface area contributed by atoms with Crippen LogP contribution >= 0.6 is 11.6 Å². The summed E-state index contributed by atoms with van der Waals surface area (Å²) >= 11 is 6.05. The van der Waals surface area contributed by atoms with Gasteiger partial charge in [0.2, 0.25) is 5.91 Å². The Kier molecular flexibility index (Phi) is 6.92. The van der Waals surface area contributed by atoms with Crippen LogP contribution in [0.2, 0.25) is 5.02 Å². The lowest BCUT2D eigenvalue weighted by Crippen LogP contribution is -2.42. The molecule has 8 nitrogen and oxygen atoms in total. The van der Waals surface area contributed by atoms with Gasteiger partial charge in [-0.3, -0.25) is 24.6 Å². The van der Waals surface area contributed by atoms with Gasteiger partial charge in [-0.25, -0.2) is 0 Å². The zero-order chi connectivity index (χ0) is 17.6. The van der Waals surface area contributed by atoms with Crippen LogP contribution in [-0.4, -0.2) is 45.9 Å². The Hall–Kier alpha value is -2.19. The Morgan fingerprint density at radius 3 is 2.65 bits per heavy atom. The Bertz CT molecular complexity index is 608. The number of benzene rings is 1. The van der Waals surface area contributed by atoms with E-state index in [9.17, 15) is 24.8 Å². The maximum absolute atomic E-state index is 11.2. The fraction of sp³-hybridized carbons (Fsp3) is 0.429. The second kappa shape index (κ2) is 8.44. The van der Waals surface area contributed by atoms with Crippen LogP contribution in [0.3, 0.4) is 0 Å². The van der Waals surface area contributed by atoms with E-state index in [0.717, 1.165) is 0 Å². The van der Waals surface area contributed by atoms with Crippen molar-refractivity contribution in [1.29, 1.82) is 0 Å². The number of nitrogens with zero attached hydrogens (tertiary/aromatic N) is 2. The van der Waals surface area contributed by atoms with Gasteiger partial charge in [-0.2, -0.15) is 0 Å². The van der Waals surface area contributed by atoms with Crippen LogP contribution in [0.15, 0.2) is 18.2 Å². The van der Waals surface area contributed by atoms with Gasteiger partial charge in [-0.05, 0) is 18.6 Å². The van der Waals surface area contributed by atoms with Crippen LogP contribution in [0.5, 0.6) is 0 Å². The summed E-state index contributed by atoms with van der Waals surface area (Å²) in [6.07, 6.45) is 0. The van der Waals surface area contributed by atoms with Crippen molar-refractivity contribution in [3.63, 3.8) is 0 Å². The van der Waals surface area contributed by atoms with Gasteiger partial charge in [-0.15, -0.1) is 0 Å². The molecule has 9 heteroatoms. The molecule has 0 aromatic heterocycles. The SMILES string of the molecule is CC(=O)NCCN(Cc1cc([N+](=O)[O-])ccc1Cl)C(C)C(=O)O. The van der Waals surface area contributed by atoms with Crippen molar-refractivity contribution >= 4 is 29.2 Å². The van der Waals surface area contributed by atoms with Crippen LogP contribution in [0.1, 0.15) is 19.4 Å². The van der Waals surface area contributed by atoms with Gasteiger partial charge in [0.15, 0.2) is 0 Å². The van der Waals surface area contributed by atoms with Crippen LogP contribution < -0.4 is 5.32 Å². The molecule has 1 aromatic carbocycles. The van der Waals surface area contributed by atoms with Gasteiger partial charge in [0, 0.05) is 43.7 Å². The summed E-state index contributed by atoms with van der Waals surface area (Å²) in [7, 11) is 0. The molecule has 0 aliphatic heterocycles. The van der Waals surface area contributed by atoms with Crippen molar-refractivity contribution in [2.45, 2.75) is 26.4 Å². The standard InChI is InChI=1S/C14H18ClN3O5/c1-9(14(20)21)17(6-5-16-10(2)19)8-11-7-12(18(22)23)3-4-13(11)15/h3-4,7,9H,5-6,8H2,1-2H3,(H,16,19)(H,20,21). The van der Waals surface area contributed by atoms with Gasteiger partial charge in [0.05, 0.1) is 4.92 Å². The summed E-state index contributed by atoms with van der Waals surface area (Å²) in [6.45, 7) is 3.52. The number of halogens is 1. The topological polar surface area (TPSA) is 113 Å². The molecule has 0 bridgehead atoms. The molecule has 2 N–H and O–H groups in total. The van der Waals surface area contributed by atoms with Crippen molar-refractivity contribution < 1.29 is 19.6 Å². The first-order chi connectivity index (χ1) is 10.7. The first-order valence-corrected chi connectivity index (χ1v) is 7.24. The molecule has 0 radical (unpaired) electrons. The number of hydrogen-bond acceptors (Lipinski definition) is 5. The number of hydrogen-bond donors (Lipinski definition) is 2. The number of nitro groups is 1. The van der Waals surface area contributed by atoms with E-state index in [1.807, 2.05) is 0 Å². The molecular formula is C14H18ClN3O5. The van der Waals surface area contributed by atoms with E-state index in [0.29, 0.717) is 10.6 Å². The van der Waals surface area contributed by atoms with Crippen LogP contribution in [0.25, 0.3) is 0 Å². The lowest BCUT2D eigenvalue weighted by Gasteiger charge is -2.26. The minimum atomic E-state index is -1.03. The molecule has 1 rings (SSSR count). The Morgan fingerprint density at radius 1 is 1.48 bits per heavy atom. The number of nitro benzene ring substituents is 1. The molecular weight excluding hydrogens is 326 g/mol. The first-order valence-electron chi connectivity index (χ1n) is 6.86. The highest BCUT2D eigenvalue weighted by molar-refractivity contribution is 6.31. The average Bonchev–Trinajstić information content (AvgIpc) is 2.46. The van der Waals surface area contributed by atoms with E-state index in [1.165, 1.54) is 32.0 Å². The highest BCUT2D eigenvalue weighted by Crippen LogP contribution is 2.24. The predicted molar refractivity (Wildman–Crippen MR) is 84.3 cm³/mol. The first kappa shape index (κ1) is 18.9. The van der Waals surface area contributed by atoms with Crippen molar-refractivity contribution in [3.8, 4) is 0 Å². The maximum Gasteiger partial charge on any atom is 0.320 e. The normalized spacial score (nSPS) is 12.0. The molecule has 0 aliphatic carbocycles. The number of carbonyl (C=O) groups excluding carboxylic acids is 1. The lowest BCUT2D eigenvalue weighted by molar-refractivity contribution is -0.384. The fourth-order valence-corrected chi connectivity index (χ4v) is 2.13. The quantitative estimate of drug-likeness (QED) is 0.548. The number of carbonyl (C=O) groups is 2. The van der Waals surface area contributed by atoms with Crippen LogP contribution in [0, 0.1) is 10.1 Å². The molecule has 0 heterocycles. The number of aliphatic carboxylic acids is 1. The van der Waals surface area contributed by atoms with E-state index in [1.54, 1.807) is 4.90 Å². The van der Waals surface area contributed by atoms with Crippen molar-refractivity contribution in [2.75, 3.05) is 13.1 Å². The highest BCUT2D eigenvalue weighted by atomic mass is 35.5. The second-order valence-corrected chi connectivity index (χ2v) is 5.41. The molecule has 0 saturated carbocycles. The minimum Gasteiger partial charge on any atom is -0.480 e. The second-order valence-electron chi connectivity index (χ2n) is 5.00. The van der Waals surface area contributed by atoms with Crippen LogP contribution in [-0.2, 0) is 16.1 Å². The molecule has 1 atom stereocenters. The summed E-state index contributed by atoms with van der Waals surface area (Å²) in [6, 6.07) is 3.18. The number of nitrogens with one attached hydrogen (secondary N) is 1. The van der Waals surface area contributed by atoms with Gasteiger partial charge in [-0.1, -0.05) is 11.6 Å². The van der Waals surface area contributed by atoms with Gasteiger partial charge in [0.25, 0.3) is 5.69 Å². The monoisotopic (exact) mass is 343 g/mol. The summed E-state index contributed by atoms with van der Waals surface area (Å²) in [5, 5.41) is 22.9. The molecule has 23 heavy (non-hydrogen) atoms. The molecule has 0 fully saturated rings. The molecule has 0 aliphatic rings. The lowest BCUT2D eigenvalue weighted by atomic mass is 10.1. The molecule has 1 aromatic rings. The summed E-state index contributed by atoms with van der Waals surface area (Å²) in [5.41, 5.74) is 0.339. The zero-order valence-electron chi connectivity index (χ0n) is 12.8. The minimum absolute atomic E-state index is 0.116. The smallest absolute Gasteiger partial charge is 0.320 e. The maximum atomic E-state index is 11.2. The third-order valence-electron chi connectivity index (χ3n) is 3.29. The Morgan fingerprint density at radius 2 is 2.13 bits per heavy atom. The molecule has 1 unspecified atom stereocenters. The summed E-state index contributed by atoms with van der Waals surface area (Å²) in [4.78, 5) is 34.0. The fourth-order valence-electron chi connectivity index (χ4n) is 1.96.